The van der Waals surface area contributed by atoms with Crippen LogP contribution in [0.5, 0.6) is 0 Å². The largest absolute Gasteiger partial charge is 0.391 e. The number of nitrogens with one attached hydrogen (secondary N) is 2. The van der Waals surface area contributed by atoms with Crippen molar-refractivity contribution in [1.29, 1.82) is 0 Å². The first kappa shape index (κ1) is 19.1. The van der Waals surface area contributed by atoms with Crippen LogP contribution in [-0.2, 0) is 9.59 Å². The Kier molecular flexibility index (Phi) is 5.07. The minimum absolute atomic E-state index is 0.241. The van der Waals surface area contributed by atoms with E-state index in [9.17, 15) is 19.5 Å². The average Bonchev–Trinajstić information content (AvgIpc) is 3.16. The third-order valence-electron chi connectivity index (χ3n) is 5.52. The summed E-state index contributed by atoms with van der Waals surface area (Å²) in [7, 11) is 0. The van der Waals surface area contributed by atoms with Gasteiger partial charge in [-0.15, -0.1) is 0 Å². The van der Waals surface area contributed by atoms with Crippen molar-refractivity contribution < 1.29 is 19.5 Å². The number of fused-ring (bicyclic) bond motifs is 1. The maximum absolute atomic E-state index is 12.6. The molecule has 2 saturated heterocycles. The second-order valence-electron chi connectivity index (χ2n) is 7.58. The highest BCUT2D eigenvalue weighted by Crippen LogP contribution is 2.24. The molecule has 29 heavy (non-hydrogen) atoms. The molecule has 2 aliphatic heterocycles. The van der Waals surface area contributed by atoms with E-state index in [1.165, 1.54) is 11.8 Å². The van der Waals surface area contributed by atoms with Crippen molar-refractivity contribution in [2.24, 2.45) is 0 Å². The van der Waals surface area contributed by atoms with E-state index >= 15 is 0 Å². The van der Waals surface area contributed by atoms with Gasteiger partial charge in [-0.1, -0.05) is 42.5 Å². The molecule has 4 rings (SSSR count). The van der Waals surface area contributed by atoms with Crippen molar-refractivity contribution in [3.63, 3.8) is 0 Å². The van der Waals surface area contributed by atoms with Gasteiger partial charge in [0.1, 0.15) is 12.1 Å². The van der Waals surface area contributed by atoms with Crippen LogP contribution in [0.25, 0.3) is 11.1 Å². The Morgan fingerprint density at radius 3 is 2.41 bits per heavy atom. The summed E-state index contributed by atoms with van der Waals surface area (Å²) in [5, 5.41) is 15.2. The molecule has 0 unspecified atom stereocenters. The fourth-order valence-corrected chi connectivity index (χ4v) is 3.96. The lowest BCUT2D eigenvalue weighted by molar-refractivity contribution is -0.149. The van der Waals surface area contributed by atoms with Crippen LogP contribution in [-0.4, -0.2) is 58.5 Å². The van der Waals surface area contributed by atoms with E-state index in [0.717, 1.165) is 11.1 Å². The summed E-state index contributed by atoms with van der Waals surface area (Å²) in [5.74, 6) is -0.845. The normalized spacial score (nSPS) is 24.6. The molecule has 2 fully saturated rings. The predicted octanol–water partition coefficient (Wildman–Crippen LogP) is 0.932. The molecule has 2 aliphatic rings. The Bertz CT molecular complexity index is 927. The number of aliphatic hydroxyl groups excluding tert-OH is 1. The lowest BCUT2D eigenvalue weighted by Crippen LogP contribution is -2.64. The van der Waals surface area contributed by atoms with Gasteiger partial charge in [-0.2, -0.15) is 0 Å². The summed E-state index contributed by atoms with van der Waals surface area (Å²) in [5.41, 5.74) is 2.61. The summed E-state index contributed by atoms with van der Waals surface area (Å²) in [4.78, 5) is 38.9. The van der Waals surface area contributed by atoms with E-state index in [1.54, 1.807) is 12.1 Å². The Labute approximate surface area is 168 Å². The highest BCUT2D eigenvalue weighted by Gasteiger charge is 2.47. The van der Waals surface area contributed by atoms with Crippen LogP contribution in [0.2, 0.25) is 0 Å². The maximum Gasteiger partial charge on any atom is 0.251 e. The second-order valence-corrected chi connectivity index (χ2v) is 7.58. The monoisotopic (exact) mass is 393 g/mol. The molecule has 7 nitrogen and oxygen atoms in total. The Balaban J connectivity index is 1.42. The molecule has 3 amide bonds. The predicted molar refractivity (Wildman–Crippen MR) is 107 cm³/mol. The summed E-state index contributed by atoms with van der Waals surface area (Å²) < 4.78 is 0. The summed E-state index contributed by atoms with van der Waals surface area (Å²) in [6.45, 7) is 1.73. The van der Waals surface area contributed by atoms with Crippen molar-refractivity contribution >= 4 is 17.7 Å². The first-order chi connectivity index (χ1) is 13.9. The first-order valence-corrected chi connectivity index (χ1v) is 9.69. The van der Waals surface area contributed by atoms with Crippen molar-refractivity contribution in [3.8, 4) is 11.1 Å². The molecule has 0 aromatic heterocycles. The van der Waals surface area contributed by atoms with E-state index in [1.807, 2.05) is 42.5 Å². The van der Waals surface area contributed by atoms with Crippen LogP contribution in [0.4, 0.5) is 0 Å². The molecule has 7 heteroatoms. The second kappa shape index (κ2) is 7.67. The van der Waals surface area contributed by atoms with Gasteiger partial charge in [-0.25, -0.2) is 0 Å². The number of nitrogens with zero attached hydrogens (tertiary/aromatic N) is 1. The summed E-state index contributed by atoms with van der Waals surface area (Å²) >= 11 is 0. The first-order valence-electron chi connectivity index (χ1n) is 9.69. The number of carbonyl (C=O) groups is 3. The molecule has 4 atom stereocenters. The number of hydrogen-bond acceptors (Lipinski definition) is 4. The third-order valence-corrected chi connectivity index (χ3v) is 5.52. The Morgan fingerprint density at radius 2 is 1.76 bits per heavy atom. The average molecular weight is 393 g/mol. The smallest absolute Gasteiger partial charge is 0.251 e. The van der Waals surface area contributed by atoms with E-state index in [0.29, 0.717) is 12.0 Å². The van der Waals surface area contributed by atoms with Gasteiger partial charge < -0.3 is 20.6 Å². The zero-order valence-electron chi connectivity index (χ0n) is 16.0. The Hall–Kier alpha value is -3.19. The van der Waals surface area contributed by atoms with Crippen molar-refractivity contribution in [1.82, 2.24) is 15.5 Å². The molecular weight excluding hydrogens is 370 g/mol. The van der Waals surface area contributed by atoms with E-state index < -0.39 is 18.2 Å². The van der Waals surface area contributed by atoms with Crippen LogP contribution in [0.3, 0.4) is 0 Å². The number of hydrogen-bond donors (Lipinski definition) is 3. The van der Waals surface area contributed by atoms with Gasteiger partial charge in [0.25, 0.3) is 5.91 Å². The number of rotatable bonds is 4. The van der Waals surface area contributed by atoms with Crippen molar-refractivity contribution in [2.45, 2.75) is 37.6 Å². The van der Waals surface area contributed by atoms with E-state index in [2.05, 4.69) is 10.6 Å². The highest BCUT2D eigenvalue weighted by atomic mass is 16.3. The molecule has 0 saturated carbocycles. The minimum atomic E-state index is -0.968. The lowest BCUT2D eigenvalue weighted by Gasteiger charge is -2.35. The molecule has 0 aliphatic carbocycles. The Morgan fingerprint density at radius 1 is 1.10 bits per heavy atom. The van der Waals surface area contributed by atoms with Crippen LogP contribution >= 0.6 is 0 Å². The zero-order valence-corrected chi connectivity index (χ0v) is 16.0. The minimum Gasteiger partial charge on any atom is -0.391 e. The highest BCUT2D eigenvalue weighted by molar-refractivity contribution is 5.98. The van der Waals surface area contributed by atoms with Gasteiger partial charge in [0.15, 0.2) is 0 Å². The molecule has 2 aromatic carbocycles. The van der Waals surface area contributed by atoms with Gasteiger partial charge in [-0.05, 0) is 36.6 Å². The lowest BCUT2D eigenvalue weighted by atomic mass is 10.0. The zero-order chi connectivity index (χ0) is 20.5. The molecule has 0 radical (unpaired) electrons. The molecule has 0 spiro atoms. The number of aliphatic hydroxyl groups is 1. The van der Waals surface area contributed by atoms with E-state index in [4.69, 9.17) is 0 Å². The maximum atomic E-state index is 12.6. The van der Waals surface area contributed by atoms with Gasteiger partial charge in [0.05, 0.1) is 6.10 Å². The molecule has 0 bridgehead atoms. The molecule has 150 valence electrons. The van der Waals surface area contributed by atoms with Crippen LogP contribution < -0.4 is 10.6 Å². The van der Waals surface area contributed by atoms with E-state index in [-0.39, 0.29) is 30.3 Å². The number of benzene rings is 2. The van der Waals surface area contributed by atoms with Crippen molar-refractivity contribution in [2.75, 3.05) is 6.54 Å². The quantitative estimate of drug-likeness (QED) is 0.720. The van der Waals surface area contributed by atoms with Gasteiger partial charge in [0, 0.05) is 18.2 Å². The van der Waals surface area contributed by atoms with Gasteiger partial charge in [0.2, 0.25) is 11.8 Å². The van der Waals surface area contributed by atoms with Crippen LogP contribution in [0, 0.1) is 0 Å². The summed E-state index contributed by atoms with van der Waals surface area (Å²) in [6.07, 6.45) is -0.609. The molecule has 2 heterocycles. The summed E-state index contributed by atoms with van der Waals surface area (Å²) in [6, 6.07) is 15.4. The topological polar surface area (TPSA) is 98.7 Å². The van der Waals surface area contributed by atoms with Crippen molar-refractivity contribution in [3.05, 3.63) is 60.2 Å². The number of amides is 3. The van der Waals surface area contributed by atoms with Gasteiger partial charge in [-0.3, -0.25) is 14.4 Å². The van der Waals surface area contributed by atoms with Gasteiger partial charge >= 0.3 is 0 Å². The number of piperazine rings is 1. The number of carbonyl (C=O) groups excluding carboxylic acids is 3. The van der Waals surface area contributed by atoms with Crippen LogP contribution in [0.1, 0.15) is 23.7 Å². The molecule has 3 N–H and O–H groups in total. The third kappa shape index (κ3) is 3.73. The van der Waals surface area contributed by atoms with Crippen LogP contribution in [0.15, 0.2) is 54.6 Å². The standard InChI is InChI=1S/C22H23N3O4/c1-13(26)19-22(29)25-12-17(11-18(25)21(28)24-19)23-20(27)16-9-7-15(8-10-16)14-5-3-2-4-6-14/h2-10,13,17-19,26H,11-12H2,1H3,(H,23,27)(H,24,28)/t13-,17-,18-,19+/m0/s1. The SMILES string of the molecule is C[C@H](O)[C@H]1NC(=O)[C@@H]2C[C@H](NC(=O)c3ccc(-c4ccccc4)cc3)CN2C1=O. The molecule has 2 aromatic rings. The fraction of sp³-hybridized carbons (Fsp3) is 0.318. The molecular formula is C22H23N3O4. The fourth-order valence-electron chi connectivity index (χ4n) is 3.96.